The normalized spacial score (nSPS) is 18.4. The number of fused-ring (bicyclic) bond motifs is 1. The number of nitrogen functional groups attached to an aromatic ring is 1. The summed E-state index contributed by atoms with van der Waals surface area (Å²) >= 11 is 0. The fraction of sp³-hybridized carbons (Fsp3) is 0.444. The summed E-state index contributed by atoms with van der Waals surface area (Å²) in [5, 5.41) is 3.43. The Kier molecular flexibility index (Phi) is 4.83. The summed E-state index contributed by atoms with van der Waals surface area (Å²) in [6.07, 6.45) is 6.46. The first-order chi connectivity index (χ1) is 10.8. The van der Waals surface area contributed by atoms with E-state index in [1.165, 1.54) is 35.2 Å². The Morgan fingerprint density at radius 1 is 1.00 bits per heavy atom. The van der Waals surface area contributed by atoms with E-state index in [4.69, 9.17) is 5.73 Å². The monoisotopic (exact) mass is 330 g/mol. The van der Waals surface area contributed by atoms with Gasteiger partial charge in [-0.3, -0.25) is 0 Å². The number of piperidine rings is 1. The van der Waals surface area contributed by atoms with Gasteiger partial charge in [0.05, 0.1) is 5.69 Å². The van der Waals surface area contributed by atoms with Gasteiger partial charge in [0.2, 0.25) is 5.95 Å². The molecule has 1 aromatic carbocycles. The molecule has 4 nitrogen and oxygen atoms in total. The maximum atomic E-state index is 5.90. The summed E-state index contributed by atoms with van der Waals surface area (Å²) in [5.41, 5.74) is 11.3. The molecule has 2 heterocycles. The van der Waals surface area contributed by atoms with Crippen LogP contribution < -0.4 is 11.1 Å². The largest absolute Gasteiger partial charge is 0.368 e. The quantitative estimate of drug-likeness (QED) is 0.888. The van der Waals surface area contributed by atoms with Gasteiger partial charge in [0.25, 0.3) is 0 Å². The molecule has 122 valence electrons. The number of benzene rings is 1. The molecule has 1 aliphatic carbocycles. The maximum absolute atomic E-state index is 5.90. The second kappa shape index (κ2) is 6.85. The fourth-order valence-electron chi connectivity index (χ4n) is 3.95. The lowest BCUT2D eigenvalue weighted by atomic mass is 9.86. The van der Waals surface area contributed by atoms with E-state index in [0.717, 1.165) is 25.9 Å². The predicted molar refractivity (Wildman–Crippen MR) is 95.1 cm³/mol. The van der Waals surface area contributed by atoms with Crippen molar-refractivity contribution in [3.05, 3.63) is 52.8 Å². The van der Waals surface area contributed by atoms with E-state index >= 15 is 0 Å². The molecule has 1 saturated heterocycles. The molecular formula is C18H23ClN4. The molecule has 3 N–H and O–H groups in total. The van der Waals surface area contributed by atoms with Crippen LogP contribution >= 0.6 is 12.4 Å². The number of anilines is 1. The third-order valence-corrected chi connectivity index (χ3v) is 5.08. The molecular weight excluding hydrogens is 308 g/mol. The van der Waals surface area contributed by atoms with Crippen LogP contribution in [0.15, 0.2) is 30.5 Å². The van der Waals surface area contributed by atoms with Crippen molar-refractivity contribution >= 4 is 18.4 Å². The van der Waals surface area contributed by atoms with Crippen molar-refractivity contribution in [1.82, 2.24) is 15.3 Å². The van der Waals surface area contributed by atoms with Crippen molar-refractivity contribution in [3.63, 3.8) is 0 Å². The van der Waals surface area contributed by atoms with Crippen molar-refractivity contribution in [3.8, 4) is 0 Å². The Labute approximate surface area is 143 Å². The van der Waals surface area contributed by atoms with Gasteiger partial charge in [-0.05, 0) is 61.4 Å². The predicted octanol–water partition coefficient (Wildman–Crippen LogP) is 2.83. The van der Waals surface area contributed by atoms with Crippen molar-refractivity contribution in [1.29, 1.82) is 0 Å². The van der Waals surface area contributed by atoms with Crippen molar-refractivity contribution in [2.75, 3.05) is 18.8 Å². The molecule has 0 unspecified atom stereocenters. The van der Waals surface area contributed by atoms with Crippen molar-refractivity contribution in [2.45, 2.75) is 37.5 Å². The number of aromatic nitrogens is 2. The standard InChI is InChI=1S/C18H22N4.ClH/c19-18-21-11-16(12-5-7-20-8-6-12)17(22-18)15-9-13-3-1-2-4-14(13)10-15;/h1-4,11-12,15,20H,5-10H2,(H2,19,21,22);1H. The molecule has 2 aromatic rings. The van der Waals surface area contributed by atoms with E-state index in [2.05, 4.69) is 39.6 Å². The van der Waals surface area contributed by atoms with Gasteiger partial charge < -0.3 is 11.1 Å². The Balaban J connectivity index is 0.00000156. The molecule has 0 bridgehead atoms. The Hall–Kier alpha value is -1.65. The summed E-state index contributed by atoms with van der Waals surface area (Å²) in [6, 6.07) is 8.74. The first kappa shape index (κ1) is 16.2. The average Bonchev–Trinajstić information content (AvgIpc) is 2.99. The Bertz CT molecular complexity index is 657. The minimum absolute atomic E-state index is 0. The highest BCUT2D eigenvalue weighted by Crippen LogP contribution is 2.38. The lowest BCUT2D eigenvalue weighted by Crippen LogP contribution is -2.27. The third-order valence-electron chi connectivity index (χ3n) is 5.08. The highest BCUT2D eigenvalue weighted by molar-refractivity contribution is 5.85. The van der Waals surface area contributed by atoms with Crippen LogP contribution in [-0.2, 0) is 12.8 Å². The second-order valence-corrected chi connectivity index (χ2v) is 6.47. The molecule has 1 aromatic heterocycles. The van der Waals surface area contributed by atoms with Gasteiger partial charge in [-0.25, -0.2) is 9.97 Å². The highest BCUT2D eigenvalue weighted by atomic mass is 35.5. The molecule has 0 saturated carbocycles. The first-order valence-corrected chi connectivity index (χ1v) is 8.21. The van der Waals surface area contributed by atoms with E-state index < -0.39 is 0 Å². The van der Waals surface area contributed by atoms with Crippen LogP contribution in [-0.4, -0.2) is 23.1 Å². The lowest BCUT2D eigenvalue weighted by Gasteiger charge is -2.26. The highest BCUT2D eigenvalue weighted by Gasteiger charge is 2.29. The molecule has 1 fully saturated rings. The van der Waals surface area contributed by atoms with Gasteiger partial charge in [-0.15, -0.1) is 12.4 Å². The molecule has 2 aliphatic rings. The number of hydrogen-bond donors (Lipinski definition) is 2. The first-order valence-electron chi connectivity index (χ1n) is 8.21. The van der Waals surface area contributed by atoms with Crippen LogP contribution in [0, 0.1) is 0 Å². The number of nitrogens with zero attached hydrogens (tertiary/aromatic N) is 2. The van der Waals surface area contributed by atoms with Crippen LogP contribution in [0.1, 0.15) is 47.1 Å². The SMILES string of the molecule is Cl.Nc1ncc(C2CCNCC2)c(C2Cc3ccccc3C2)n1. The minimum Gasteiger partial charge on any atom is -0.368 e. The van der Waals surface area contributed by atoms with Gasteiger partial charge >= 0.3 is 0 Å². The van der Waals surface area contributed by atoms with E-state index in [9.17, 15) is 0 Å². The molecule has 0 spiro atoms. The van der Waals surface area contributed by atoms with E-state index in [1.54, 1.807) is 0 Å². The molecule has 23 heavy (non-hydrogen) atoms. The summed E-state index contributed by atoms with van der Waals surface area (Å²) in [6.45, 7) is 2.17. The molecule has 0 amide bonds. The minimum atomic E-state index is 0. The van der Waals surface area contributed by atoms with E-state index in [-0.39, 0.29) is 12.4 Å². The van der Waals surface area contributed by atoms with E-state index in [1.807, 2.05) is 6.20 Å². The maximum Gasteiger partial charge on any atom is 0.220 e. The molecule has 0 atom stereocenters. The van der Waals surface area contributed by atoms with Crippen LogP contribution in [0.25, 0.3) is 0 Å². The van der Waals surface area contributed by atoms with Gasteiger partial charge in [0, 0.05) is 12.1 Å². The molecule has 5 heteroatoms. The van der Waals surface area contributed by atoms with Crippen molar-refractivity contribution in [2.24, 2.45) is 0 Å². The zero-order valence-corrected chi connectivity index (χ0v) is 14.0. The molecule has 0 radical (unpaired) electrons. The lowest BCUT2D eigenvalue weighted by molar-refractivity contribution is 0.453. The van der Waals surface area contributed by atoms with Crippen molar-refractivity contribution < 1.29 is 0 Å². The number of nitrogens with two attached hydrogens (primary N) is 1. The molecule has 4 rings (SSSR count). The smallest absolute Gasteiger partial charge is 0.220 e. The number of rotatable bonds is 2. The van der Waals surface area contributed by atoms with Gasteiger partial charge in [-0.2, -0.15) is 0 Å². The summed E-state index contributed by atoms with van der Waals surface area (Å²) in [7, 11) is 0. The van der Waals surface area contributed by atoms with Crippen LogP contribution in [0.2, 0.25) is 0 Å². The fourth-order valence-corrected chi connectivity index (χ4v) is 3.95. The molecule has 1 aliphatic heterocycles. The third kappa shape index (κ3) is 3.19. The van der Waals surface area contributed by atoms with Crippen LogP contribution in [0.4, 0.5) is 5.95 Å². The van der Waals surface area contributed by atoms with Crippen LogP contribution in [0.5, 0.6) is 0 Å². The zero-order chi connectivity index (χ0) is 14.9. The van der Waals surface area contributed by atoms with Crippen LogP contribution in [0.3, 0.4) is 0 Å². The summed E-state index contributed by atoms with van der Waals surface area (Å²) in [5.74, 6) is 1.43. The summed E-state index contributed by atoms with van der Waals surface area (Å²) in [4.78, 5) is 8.94. The number of hydrogen-bond acceptors (Lipinski definition) is 4. The number of nitrogens with one attached hydrogen (secondary N) is 1. The average molecular weight is 331 g/mol. The topological polar surface area (TPSA) is 63.8 Å². The van der Waals surface area contributed by atoms with E-state index in [0.29, 0.717) is 17.8 Å². The summed E-state index contributed by atoms with van der Waals surface area (Å²) < 4.78 is 0. The van der Waals surface area contributed by atoms with Gasteiger partial charge in [-0.1, -0.05) is 24.3 Å². The van der Waals surface area contributed by atoms with Gasteiger partial charge in [0.1, 0.15) is 0 Å². The van der Waals surface area contributed by atoms with Gasteiger partial charge in [0.15, 0.2) is 0 Å². The Morgan fingerprint density at radius 3 is 2.30 bits per heavy atom. The second-order valence-electron chi connectivity index (χ2n) is 6.47. The Morgan fingerprint density at radius 2 is 1.65 bits per heavy atom. The number of halogens is 1. The zero-order valence-electron chi connectivity index (χ0n) is 13.2.